The van der Waals surface area contributed by atoms with Crippen LogP contribution in [0.5, 0.6) is 5.75 Å². The fourth-order valence-corrected chi connectivity index (χ4v) is 2.37. The van der Waals surface area contributed by atoms with E-state index in [1.54, 1.807) is 13.2 Å². The van der Waals surface area contributed by atoms with Crippen molar-refractivity contribution in [3.8, 4) is 5.75 Å². The van der Waals surface area contributed by atoms with E-state index < -0.39 is 0 Å². The zero-order valence-electron chi connectivity index (χ0n) is 9.74. The lowest BCUT2D eigenvalue weighted by Crippen LogP contribution is -2.60. The van der Waals surface area contributed by atoms with Gasteiger partial charge in [-0.2, -0.15) is 0 Å². The fourth-order valence-electron chi connectivity index (χ4n) is 2.03. The summed E-state index contributed by atoms with van der Waals surface area (Å²) < 4.78 is 24.9. The second-order valence-electron chi connectivity index (χ2n) is 4.06. The molecule has 0 bridgehead atoms. The third kappa shape index (κ3) is 2.61. The van der Waals surface area contributed by atoms with Crippen LogP contribution >= 0.6 is 15.9 Å². The largest absolute Gasteiger partial charge is 0.486 e. The van der Waals surface area contributed by atoms with Crippen LogP contribution in [0.15, 0.2) is 22.7 Å². The maximum atomic E-state index is 13.1. The second kappa shape index (κ2) is 5.33. The van der Waals surface area contributed by atoms with Crippen LogP contribution in [-0.4, -0.2) is 32.4 Å². The highest BCUT2D eigenvalue weighted by Gasteiger charge is 2.42. The molecule has 1 aromatic rings. The lowest BCUT2D eigenvalue weighted by Gasteiger charge is -2.43. The minimum Gasteiger partial charge on any atom is -0.486 e. The van der Waals surface area contributed by atoms with Gasteiger partial charge in [0, 0.05) is 25.6 Å². The third-order valence-electron chi connectivity index (χ3n) is 3.06. The first-order valence-electron chi connectivity index (χ1n) is 5.47. The molecule has 1 fully saturated rings. The molecule has 0 aliphatic heterocycles. The zero-order valence-corrected chi connectivity index (χ0v) is 11.3. The number of methoxy groups -OCH3 is 1. The highest BCUT2D eigenvalue weighted by molar-refractivity contribution is 9.10. The van der Waals surface area contributed by atoms with Crippen molar-refractivity contribution in [3.63, 3.8) is 0 Å². The highest BCUT2D eigenvalue weighted by Crippen LogP contribution is 2.32. The molecule has 3 atom stereocenters. The molecule has 94 valence electrons. The summed E-state index contributed by atoms with van der Waals surface area (Å²) in [6.45, 7) is 0. The van der Waals surface area contributed by atoms with Crippen LogP contribution in [0.4, 0.5) is 4.39 Å². The van der Waals surface area contributed by atoms with E-state index in [1.165, 1.54) is 12.1 Å². The van der Waals surface area contributed by atoms with Gasteiger partial charge in [-0.05, 0) is 35.1 Å². The first kappa shape index (κ1) is 12.8. The van der Waals surface area contributed by atoms with E-state index in [-0.39, 0.29) is 18.0 Å². The van der Waals surface area contributed by atoms with Crippen molar-refractivity contribution in [1.82, 2.24) is 5.32 Å². The topological polar surface area (TPSA) is 30.5 Å². The van der Waals surface area contributed by atoms with Gasteiger partial charge in [0.25, 0.3) is 0 Å². The normalized spacial score (nSPS) is 27.6. The number of hydrogen-bond donors (Lipinski definition) is 1. The van der Waals surface area contributed by atoms with Gasteiger partial charge < -0.3 is 14.8 Å². The number of likely N-dealkylation sites (N-methyl/N-ethyl adjacent to an activating group) is 1. The van der Waals surface area contributed by atoms with E-state index in [1.807, 2.05) is 7.05 Å². The van der Waals surface area contributed by atoms with Crippen molar-refractivity contribution in [3.05, 3.63) is 28.5 Å². The van der Waals surface area contributed by atoms with E-state index in [0.29, 0.717) is 11.8 Å². The molecule has 0 radical (unpaired) electrons. The molecule has 0 spiro atoms. The Morgan fingerprint density at radius 2 is 2.24 bits per heavy atom. The molecule has 1 aliphatic rings. The van der Waals surface area contributed by atoms with E-state index >= 15 is 0 Å². The molecule has 1 saturated carbocycles. The Balaban J connectivity index is 2.04. The Morgan fingerprint density at radius 1 is 1.47 bits per heavy atom. The summed E-state index contributed by atoms with van der Waals surface area (Å²) >= 11 is 3.34. The number of nitrogens with one attached hydrogen (secondary N) is 1. The molecule has 1 aliphatic carbocycles. The maximum absolute atomic E-state index is 13.1. The molecule has 0 amide bonds. The zero-order chi connectivity index (χ0) is 12.4. The lowest BCUT2D eigenvalue weighted by molar-refractivity contribution is -0.0872. The van der Waals surface area contributed by atoms with E-state index in [9.17, 15) is 4.39 Å². The predicted molar refractivity (Wildman–Crippen MR) is 66.8 cm³/mol. The lowest BCUT2D eigenvalue weighted by atomic mass is 9.85. The van der Waals surface area contributed by atoms with Crippen LogP contribution in [0.2, 0.25) is 0 Å². The summed E-state index contributed by atoms with van der Waals surface area (Å²) in [6, 6.07) is 4.71. The summed E-state index contributed by atoms with van der Waals surface area (Å²) in [5, 5.41) is 3.15. The smallest absolute Gasteiger partial charge is 0.136 e. The van der Waals surface area contributed by atoms with Crippen molar-refractivity contribution in [2.24, 2.45) is 0 Å². The van der Waals surface area contributed by atoms with Gasteiger partial charge in [0.2, 0.25) is 0 Å². The van der Waals surface area contributed by atoms with Crippen molar-refractivity contribution in [1.29, 1.82) is 0 Å². The summed E-state index contributed by atoms with van der Waals surface area (Å²) in [6.07, 6.45) is 0.837. The third-order valence-corrected chi connectivity index (χ3v) is 3.72. The standard InChI is InChI=1S/C12H15BrFNO2/c1-15-9-6-11(12(9)16-2)17-10-5-7(14)3-4-8(10)13/h3-5,9,11-12,15H,6H2,1-2H3. The molecular formula is C12H15BrFNO2. The molecule has 0 saturated heterocycles. The van der Waals surface area contributed by atoms with Gasteiger partial charge >= 0.3 is 0 Å². The Morgan fingerprint density at radius 3 is 2.88 bits per heavy atom. The van der Waals surface area contributed by atoms with Crippen LogP contribution in [0.1, 0.15) is 6.42 Å². The Labute approximate surface area is 108 Å². The summed E-state index contributed by atoms with van der Waals surface area (Å²) in [7, 11) is 3.55. The molecule has 17 heavy (non-hydrogen) atoms. The first-order valence-corrected chi connectivity index (χ1v) is 6.26. The first-order chi connectivity index (χ1) is 8.15. The van der Waals surface area contributed by atoms with E-state index in [0.717, 1.165) is 10.9 Å². The molecule has 3 nitrogen and oxygen atoms in total. The number of hydrogen-bond acceptors (Lipinski definition) is 3. The number of benzene rings is 1. The molecule has 1 aromatic carbocycles. The van der Waals surface area contributed by atoms with E-state index in [2.05, 4.69) is 21.2 Å². The average molecular weight is 304 g/mol. The van der Waals surface area contributed by atoms with Gasteiger partial charge in [-0.3, -0.25) is 0 Å². The van der Waals surface area contributed by atoms with Crippen molar-refractivity contribution in [2.45, 2.75) is 24.7 Å². The van der Waals surface area contributed by atoms with Crippen LogP contribution < -0.4 is 10.1 Å². The summed E-state index contributed by atoms with van der Waals surface area (Å²) in [5.74, 6) is 0.216. The average Bonchev–Trinajstić information content (AvgIpc) is 2.28. The quantitative estimate of drug-likeness (QED) is 0.926. The summed E-state index contributed by atoms with van der Waals surface area (Å²) in [4.78, 5) is 0. The highest BCUT2D eigenvalue weighted by atomic mass is 79.9. The van der Waals surface area contributed by atoms with Crippen LogP contribution in [0, 0.1) is 5.82 Å². The SMILES string of the molecule is CNC1CC(Oc2cc(F)ccc2Br)C1OC. The molecule has 2 rings (SSSR count). The number of ether oxygens (including phenoxy) is 2. The minimum atomic E-state index is -0.304. The summed E-state index contributed by atoms with van der Waals surface area (Å²) in [5.41, 5.74) is 0. The van der Waals surface area contributed by atoms with Gasteiger partial charge in [0.05, 0.1) is 4.47 Å². The molecule has 1 N–H and O–H groups in total. The van der Waals surface area contributed by atoms with Gasteiger partial charge in [-0.25, -0.2) is 4.39 Å². The Kier molecular flexibility index (Phi) is 4.01. The van der Waals surface area contributed by atoms with Gasteiger partial charge in [-0.15, -0.1) is 0 Å². The maximum Gasteiger partial charge on any atom is 0.136 e. The Hall–Kier alpha value is -0.650. The fraction of sp³-hybridized carbons (Fsp3) is 0.500. The van der Waals surface area contributed by atoms with Crippen LogP contribution in [0.3, 0.4) is 0 Å². The van der Waals surface area contributed by atoms with E-state index in [4.69, 9.17) is 9.47 Å². The Bertz CT molecular complexity index is 402. The number of halogens is 2. The van der Waals surface area contributed by atoms with Crippen molar-refractivity contribution >= 4 is 15.9 Å². The molecule has 0 heterocycles. The molecule has 5 heteroatoms. The van der Waals surface area contributed by atoms with Crippen molar-refractivity contribution in [2.75, 3.05) is 14.2 Å². The predicted octanol–water partition coefficient (Wildman–Crippen LogP) is 2.34. The second-order valence-corrected chi connectivity index (χ2v) is 4.92. The number of rotatable bonds is 4. The molecular weight excluding hydrogens is 289 g/mol. The monoisotopic (exact) mass is 303 g/mol. The van der Waals surface area contributed by atoms with Crippen LogP contribution in [-0.2, 0) is 4.74 Å². The molecule has 0 aromatic heterocycles. The minimum absolute atomic E-state index is 0.00941. The van der Waals surface area contributed by atoms with Crippen LogP contribution in [0.25, 0.3) is 0 Å². The van der Waals surface area contributed by atoms with Gasteiger partial charge in [-0.1, -0.05) is 0 Å². The molecule has 3 unspecified atom stereocenters. The van der Waals surface area contributed by atoms with Crippen molar-refractivity contribution < 1.29 is 13.9 Å². The van der Waals surface area contributed by atoms with Gasteiger partial charge in [0.1, 0.15) is 23.8 Å². The van der Waals surface area contributed by atoms with Gasteiger partial charge in [0.15, 0.2) is 0 Å².